The molecule has 1 atom stereocenters. The highest BCUT2D eigenvalue weighted by Crippen LogP contribution is 2.05. The van der Waals surface area contributed by atoms with Crippen LogP contribution in [-0.4, -0.2) is 45.1 Å². The molecule has 0 aliphatic carbocycles. The van der Waals surface area contributed by atoms with Gasteiger partial charge in [-0.2, -0.15) is 0 Å². The number of hydrogen-bond donors (Lipinski definition) is 1. The van der Waals surface area contributed by atoms with E-state index in [0.717, 1.165) is 26.1 Å². The zero-order valence-corrected chi connectivity index (χ0v) is 7.18. The first-order chi connectivity index (χ1) is 5.18. The van der Waals surface area contributed by atoms with Crippen LogP contribution in [0, 0.1) is 0 Å². The van der Waals surface area contributed by atoms with Gasteiger partial charge in [-0.05, 0) is 13.0 Å². The molecular formula is C6H13N2O2S-. The molecule has 1 aliphatic rings. The van der Waals surface area contributed by atoms with Crippen molar-refractivity contribution in [1.29, 1.82) is 0 Å². The molecule has 1 aliphatic heterocycles. The minimum atomic E-state index is -1.88. The zero-order chi connectivity index (χ0) is 8.27. The number of nitrogens with two attached hydrogens (primary N) is 1. The summed E-state index contributed by atoms with van der Waals surface area (Å²) in [4.78, 5) is 2.16. The molecule has 66 valence electrons. The van der Waals surface area contributed by atoms with E-state index in [0.29, 0.717) is 6.04 Å². The van der Waals surface area contributed by atoms with Gasteiger partial charge in [0.05, 0.1) is 0 Å². The van der Waals surface area contributed by atoms with Crippen LogP contribution in [-0.2, 0) is 11.1 Å². The Hall–Kier alpha value is 0.0300. The highest BCUT2D eigenvalue weighted by molar-refractivity contribution is 7.79. The van der Waals surface area contributed by atoms with Crippen molar-refractivity contribution in [3.63, 3.8) is 0 Å². The van der Waals surface area contributed by atoms with E-state index < -0.39 is 11.1 Å². The second kappa shape index (κ2) is 4.15. The van der Waals surface area contributed by atoms with Gasteiger partial charge in [-0.1, -0.05) is 11.1 Å². The summed E-state index contributed by atoms with van der Waals surface area (Å²) in [7, 11) is 0. The molecule has 5 heteroatoms. The summed E-state index contributed by atoms with van der Waals surface area (Å²) in [6, 6.07) is 0.313. The summed E-state index contributed by atoms with van der Waals surface area (Å²) in [6.45, 7) is 2.71. The fourth-order valence-electron chi connectivity index (χ4n) is 1.20. The SMILES string of the molecule is NC1CN(CCCS(=O)[O-])C1. The molecule has 0 spiro atoms. The fourth-order valence-corrected chi connectivity index (χ4v) is 1.56. The summed E-state index contributed by atoms with van der Waals surface area (Å²) in [6.07, 6.45) is 0.725. The molecule has 0 radical (unpaired) electrons. The van der Waals surface area contributed by atoms with E-state index in [1.807, 2.05) is 0 Å². The third-order valence-corrected chi connectivity index (χ3v) is 2.39. The normalized spacial score (nSPS) is 23.1. The van der Waals surface area contributed by atoms with Crippen LogP contribution < -0.4 is 5.73 Å². The van der Waals surface area contributed by atoms with Crippen LogP contribution in [0.4, 0.5) is 0 Å². The maximum Gasteiger partial charge on any atom is 0.0297 e. The Kier molecular flexibility index (Phi) is 3.45. The molecule has 1 rings (SSSR count). The van der Waals surface area contributed by atoms with Crippen LogP contribution in [0.15, 0.2) is 0 Å². The highest BCUT2D eigenvalue weighted by atomic mass is 32.2. The lowest BCUT2D eigenvalue weighted by atomic mass is 10.1. The maximum absolute atomic E-state index is 10.1. The molecule has 4 nitrogen and oxygen atoms in total. The zero-order valence-electron chi connectivity index (χ0n) is 6.36. The lowest BCUT2D eigenvalue weighted by Gasteiger charge is -2.36. The van der Waals surface area contributed by atoms with Crippen molar-refractivity contribution in [2.45, 2.75) is 12.5 Å². The van der Waals surface area contributed by atoms with Crippen LogP contribution in [0.1, 0.15) is 6.42 Å². The summed E-state index contributed by atoms with van der Waals surface area (Å²) in [5.74, 6) is 0.270. The Bertz CT molecular complexity index is 148. The molecule has 0 aromatic rings. The second-order valence-electron chi connectivity index (χ2n) is 2.88. The smallest absolute Gasteiger partial charge is 0.0297 e. The first-order valence-corrected chi connectivity index (χ1v) is 4.96. The second-order valence-corrected chi connectivity index (χ2v) is 3.90. The van der Waals surface area contributed by atoms with E-state index in [9.17, 15) is 8.76 Å². The number of likely N-dealkylation sites (tertiary alicyclic amines) is 1. The minimum absolute atomic E-state index is 0.270. The Balaban J connectivity index is 1.92. The van der Waals surface area contributed by atoms with E-state index in [2.05, 4.69) is 4.90 Å². The average molecular weight is 177 g/mol. The van der Waals surface area contributed by atoms with Crippen molar-refractivity contribution >= 4 is 11.1 Å². The van der Waals surface area contributed by atoms with E-state index in [1.54, 1.807) is 0 Å². The quantitative estimate of drug-likeness (QED) is 0.553. The molecule has 2 N–H and O–H groups in total. The Morgan fingerprint density at radius 3 is 2.73 bits per heavy atom. The van der Waals surface area contributed by atoms with E-state index in [1.165, 1.54) is 0 Å². The van der Waals surface area contributed by atoms with Crippen molar-refractivity contribution in [2.24, 2.45) is 5.73 Å². The van der Waals surface area contributed by atoms with Crippen molar-refractivity contribution in [1.82, 2.24) is 4.90 Å². The predicted molar refractivity (Wildman–Crippen MR) is 42.8 cm³/mol. The molecule has 0 bridgehead atoms. The number of rotatable bonds is 4. The third kappa shape index (κ3) is 3.29. The monoisotopic (exact) mass is 177 g/mol. The molecule has 0 amide bonds. The number of hydrogen-bond acceptors (Lipinski definition) is 4. The van der Waals surface area contributed by atoms with Crippen LogP contribution in [0.25, 0.3) is 0 Å². The van der Waals surface area contributed by atoms with Gasteiger partial charge in [0, 0.05) is 24.9 Å². The van der Waals surface area contributed by atoms with Gasteiger partial charge < -0.3 is 15.2 Å². The van der Waals surface area contributed by atoms with E-state index in [-0.39, 0.29) is 5.75 Å². The Morgan fingerprint density at radius 1 is 1.64 bits per heavy atom. The molecule has 0 aromatic heterocycles. The lowest BCUT2D eigenvalue weighted by Crippen LogP contribution is -2.55. The van der Waals surface area contributed by atoms with Crippen LogP contribution >= 0.6 is 0 Å². The fraction of sp³-hybridized carbons (Fsp3) is 1.00. The van der Waals surface area contributed by atoms with Gasteiger partial charge in [0.15, 0.2) is 0 Å². The molecule has 1 unspecified atom stereocenters. The molecule has 11 heavy (non-hydrogen) atoms. The molecule has 1 saturated heterocycles. The molecular weight excluding hydrogens is 164 g/mol. The van der Waals surface area contributed by atoms with Crippen LogP contribution in [0.2, 0.25) is 0 Å². The van der Waals surface area contributed by atoms with Gasteiger partial charge in [-0.25, -0.2) is 0 Å². The maximum atomic E-state index is 10.1. The minimum Gasteiger partial charge on any atom is -0.772 e. The predicted octanol–water partition coefficient (Wildman–Crippen LogP) is -1.10. The number of nitrogens with zero attached hydrogens (tertiary/aromatic N) is 1. The van der Waals surface area contributed by atoms with Gasteiger partial charge in [0.2, 0.25) is 0 Å². The van der Waals surface area contributed by atoms with Crippen molar-refractivity contribution in [2.75, 3.05) is 25.4 Å². The summed E-state index contributed by atoms with van der Waals surface area (Å²) < 4.78 is 20.2. The topological polar surface area (TPSA) is 69.4 Å². The van der Waals surface area contributed by atoms with Gasteiger partial charge >= 0.3 is 0 Å². The van der Waals surface area contributed by atoms with E-state index >= 15 is 0 Å². The third-order valence-electron chi connectivity index (χ3n) is 1.77. The summed E-state index contributed by atoms with van der Waals surface area (Å²) >= 11 is -1.88. The molecule has 1 heterocycles. The van der Waals surface area contributed by atoms with Crippen molar-refractivity contribution in [3.8, 4) is 0 Å². The standard InChI is InChI=1S/C6H14N2O2S/c7-6-4-8(5-6)2-1-3-11(9)10/h6H,1-5,7H2,(H,9,10)/p-1. The van der Waals surface area contributed by atoms with Gasteiger partial charge in [0.25, 0.3) is 0 Å². The van der Waals surface area contributed by atoms with Crippen LogP contribution in [0.5, 0.6) is 0 Å². The Labute approximate surface area is 69.0 Å². The van der Waals surface area contributed by atoms with Gasteiger partial charge in [-0.15, -0.1) is 0 Å². The highest BCUT2D eigenvalue weighted by Gasteiger charge is 2.21. The van der Waals surface area contributed by atoms with Crippen molar-refractivity contribution in [3.05, 3.63) is 0 Å². The van der Waals surface area contributed by atoms with Crippen molar-refractivity contribution < 1.29 is 8.76 Å². The molecule has 0 saturated carbocycles. The van der Waals surface area contributed by atoms with Gasteiger partial charge in [-0.3, -0.25) is 4.21 Å². The first-order valence-electron chi connectivity index (χ1n) is 3.72. The lowest BCUT2D eigenvalue weighted by molar-refractivity contribution is 0.151. The van der Waals surface area contributed by atoms with Gasteiger partial charge in [0.1, 0.15) is 0 Å². The van der Waals surface area contributed by atoms with E-state index in [4.69, 9.17) is 5.73 Å². The summed E-state index contributed by atoms with van der Waals surface area (Å²) in [5.41, 5.74) is 5.54. The molecule has 0 aromatic carbocycles. The largest absolute Gasteiger partial charge is 0.772 e. The first kappa shape index (κ1) is 9.12. The Morgan fingerprint density at radius 2 is 2.27 bits per heavy atom. The average Bonchev–Trinajstić information content (AvgIpc) is 1.83. The molecule has 1 fully saturated rings. The summed E-state index contributed by atoms with van der Waals surface area (Å²) in [5, 5.41) is 0. The van der Waals surface area contributed by atoms with Crippen LogP contribution in [0.3, 0.4) is 0 Å².